The Hall–Kier alpha value is -5.66. The Morgan fingerprint density at radius 1 is 0.435 bits per heavy atom. The lowest BCUT2D eigenvalue weighted by molar-refractivity contribution is 1.05. The van der Waals surface area contributed by atoms with Gasteiger partial charge in [-0.1, -0.05) is 146 Å². The van der Waals surface area contributed by atoms with Gasteiger partial charge in [0.25, 0.3) is 0 Å². The summed E-state index contributed by atoms with van der Waals surface area (Å²) in [5, 5.41) is 2.47. The van der Waals surface area contributed by atoms with E-state index in [0.29, 0.717) is 0 Å². The van der Waals surface area contributed by atoms with Crippen molar-refractivity contribution in [3.8, 4) is 11.1 Å². The standard InChI is InChI=1S/C45H35N/c1-2-4-9-19-41-37(17-6-3-1)32-44-40(21-13-22-43(41)44)36-26-30-39(31-27-36)46(45-23-12-18-35-16-10-11-20-42(35)45)38-28-24-34(25-29-38)33-14-7-5-8-15-33/h1-12,14-21,23-31H,13,22,32H2. The van der Waals surface area contributed by atoms with E-state index in [9.17, 15) is 0 Å². The van der Waals surface area contributed by atoms with Gasteiger partial charge >= 0.3 is 0 Å². The van der Waals surface area contributed by atoms with Crippen molar-refractivity contribution in [1.29, 1.82) is 0 Å². The predicted molar refractivity (Wildman–Crippen MR) is 196 cm³/mol. The van der Waals surface area contributed by atoms with Crippen LogP contribution in [0.1, 0.15) is 29.5 Å². The van der Waals surface area contributed by atoms with Gasteiger partial charge in [0.2, 0.25) is 0 Å². The van der Waals surface area contributed by atoms with Gasteiger partial charge in [0.05, 0.1) is 5.69 Å². The van der Waals surface area contributed by atoms with Gasteiger partial charge in [-0.3, -0.25) is 0 Å². The van der Waals surface area contributed by atoms with E-state index in [2.05, 4.69) is 181 Å². The van der Waals surface area contributed by atoms with E-state index < -0.39 is 0 Å². The average Bonchev–Trinajstić information content (AvgIpc) is 3.48. The first-order valence-corrected chi connectivity index (χ1v) is 16.2. The molecule has 2 aliphatic rings. The molecule has 0 spiro atoms. The first-order valence-electron chi connectivity index (χ1n) is 16.2. The molecule has 0 unspecified atom stereocenters. The quantitative estimate of drug-likeness (QED) is 0.193. The molecule has 0 bridgehead atoms. The van der Waals surface area contributed by atoms with E-state index in [4.69, 9.17) is 0 Å². The summed E-state index contributed by atoms with van der Waals surface area (Å²) in [6.45, 7) is 0. The fourth-order valence-corrected chi connectivity index (χ4v) is 7.06. The summed E-state index contributed by atoms with van der Waals surface area (Å²) in [6.07, 6.45) is 5.59. The normalized spacial score (nSPS) is 13.4. The molecule has 0 heterocycles. The van der Waals surface area contributed by atoms with Crippen LogP contribution in [0.4, 0.5) is 17.1 Å². The molecule has 6 aromatic carbocycles. The predicted octanol–water partition coefficient (Wildman–Crippen LogP) is 12.3. The van der Waals surface area contributed by atoms with Gasteiger partial charge in [-0.15, -0.1) is 0 Å². The molecule has 46 heavy (non-hydrogen) atoms. The summed E-state index contributed by atoms with van der Waals surface area (Å²) >= 11 is 0. The summed E-state index contributed by atoms with van der Waals surface area (Å²) in [7, 11) is 0. The fraction of sp³-hybridized carbons (Fsp3) is 0.0667. The number of fused-ring (bicyclic) bond motifs is 3. The fourth-order valence-electron chi connectivity index (χ4n) is 7.06. The highest BCUT2D eigenvalue weighted by Crippen LogP contribution is 2.46. The monoisotopic (exact) mass is 589 g/mol. The minimum atomic E-state index is 0.979. The molecule has 2 aliphatic carbocycles. The number of allylic oxidation sites excluding steroid dienone is 4. The Labute approximate surface area is 271 Å². The van der Waals surface area contributed by atoms with Gasteiger partial charge in [-0.25, -0.2) is 0 Å². The van der Waals surface area contributed by atoms with Crippen LogP contribution >= 0.6 is 0 Å². The Morgan fingerprint density at radius 2 is 1.02 bits per heavy atom. The minimum absolute atomic E-state index is 0.979. The highest BCUT2D eigenvalue weighted by Gasteiger charge is 2.26. The lowest BCUT2D eigenvalue weighted by Crippen LogP contribution is -2.10. The maximum Gasteiger partial charge on any atom is 0.0540 e. The molecule has 0 saturated carbocycles. The largest absolute Gasteiger partial charge is 0.310 e. The highest BCUT2D eigenvalue weighted by molar-refractivity contribution is 5.99. The molecular formula is C45H35N. The van der Waals surface area contributed by atoms with Crippen LogP contribution in [0.15, 0.2) is 182 Å². The number of benzene rings is 5. The minimum Gasteiger partial charge on any atom is -0.310 e. The lowest BCUT2D eigenvalue weighted by Gasteiger charge is -2.27. The van der Waals surface area contributed by atoms with Crippen LogP contribution < -0.4 is 4.90 Å². The molecule has 0 aliphatic heterocycles. The van der Waals surface area contributed by atoms with Crippen LogP contribution in [-0.2, 0) is 6.42 Å². The number of hydrogen-bond acceptors (Lipinski definition) is 1. The van der Waals surface area contributed by atoms with Crippen molar-refractivity contribution in [2.75, 3.05) is 4.90 Å². The van der Waals surface area contributed by atoms with Gasteiger partial charge in [0.15, 0.2) is 0 Å². The van der Waals surface area contributed by atoms with E-state index in [1.54, 1.807) is 0 Å². The zero-order valence-corrected chi connectivity index (χ0v) is 25.8. The van der Waals surface area contributed by atoms with Crippen LogP contribution in [-0.4, -0.2) is 0 Å². The van der Waals surface area contributed by atoms with Crippen molar-refractivity contribution >= 4 is 39.0 Å². The van der Waals surface area contributed by atoms with Crippen molar-refractivity contribution in [3.05, 3.63) is 198 Å². The average molecular weight is 590 g/mol. The Kier molecular flexibility index (Phi) is 7.50. The summed E-state index contributed by atoms with van der Waals surface area (Å²) < 4.78 is 0. The third-order valence-electron chi connectivity index (χ3n) is 9.26. The maximum atomic E-state index is 2.45. The van der Waals surface area contributed by atoms with Crippen LogP contribution in [0.5, 0.6) is 0 Å². The molecule has 0 amide bonds. The van der Waals surface area contributed by atoms with Gasteiger partial charge < -0.3 is 4.90 Å². The van der Waals surface area contributed by atoms with Crippen LogP contribution in [0.25, 0.3) is 33.0 Å². The van der Waals surface area contributed by atoms with Crippen molar-refractivity contribution < 1.29 is 0 Å². The van der Waals surface area contributed by atoms with Crippen LogP contribution in [0.3, 0.4) is 0 Å². The summed E-state index contributed by atoms with van der Waals surface area (Å²) in [5.74, 6) is 0. The first kappa shape index (κ1) is 27.9. The summed E-state index contributed by atoms with van der Waals surface area (Å²) in [6, 6.07) is 61.4. The molecule has 0 N–H and O–H groups in total. The maximum absolute atomic E-state index is 2.45. The van der Waals surface area contributed by atoms with E-state index in [-0.39, 0.29) is 0 Å². The SMILES string of the molecule is C1=C(c2ccc(N(c3ccc(-c4ccccc4)cc3)c3cccc4ccccc34)cc2)C2=C(CC1)c1ccccccccc1C2. The topological polar surface area (TPSA) is 3.24 Å². The Morgan fingerprint density at radius 3 is 1.80 bits per heavy atom. The number of hydrogen-bond donors (Lipinski definition) is 0. The molecule has 0 fully saturated rings. The summed E-state index contributed by atoms with van der Waals surface area (Å²) in [4.78, 5) is 2.40. The molecule has 0 radical (unpaired) electrons. The third-order valence-corrected chi connectivity index (χ3v) is 9.26. The zero-order valence-electron chi connectivity index (χ0n) is 25.8. The second kappa shape index (κ2) is 12.4. The molecule has 8 rings (SSSR count). The molecule has 1 heteroatoms. The van der Waals surface area contributed by atoms with Crippen molar-refractivity contribution in [2.24, 2.45) is 0 Å². The van der Waals surface area contributed by atoms with Crippen molar-refractivity contribution in [3.63, 3.8) is 0 Å². The molecule has 6 aromatic rings. The van der Waals surface area contributed by atoms with Crippen molar-refractivity contribution in [2.45, 2.75) is 19.3 Å². The molecule has 1 nitrogen and oxygen atoms in total. The van der Waals surface area contributed by atoms with E-state index in [1.165, 1.54) is 61.0 Å². The van der Waals surface area contributed by atoms with Gasteiger partial charge in [-0.05, 0) is 99.5 Å². The molecule has 0 atom stereocenters. The third kappa shape index (κ3) is 5.31. The van der Waals surface area contributed by atoms with E-state index >= 15 is 0 Å². The first-order chi connectivity index (χ1) is 22.8. The second-order valence-corrected chi connectivity index (χ2v) is 12.0. The number of rotatable bonds is 5. The molecule has 220 valence electrons. The second-order valence-electron chi connectivity index (χ2n) is 12.0. The van der Waals surface area contributed by atoms with Gasteiger partial charge in [0, 0.05) is 16.8 Å². The highest BCUT2D eigenvalue weighted by atomic mass is 15.1. The zero-order chi connectivity index (χ0) is 30.7. The molecule has 0 aromatic heterocycles. The van der Waals surface area contributed by atoms with E-state index in [0.717, 1.165) is 30.6 Å². The Bertz CT molecular complexity index is 2150. The lowest BCUT2D eigenvalue weighted by atomic mass is 9.87. The number of anilines is 3. The van der Waals surface area contributed by atoms with Gasteiger partial charge in [-0.2, -0.15) is 0 Å². The van der Waals surface area contributed by atoms with E-state index in [1.807, 2.05) is 0 Å². The molecule has 0 saturated heterocycles. The molecular weight excluding hydrogens is 555 g/mol. The van der Waals surface area contributed by atoms with Crippen LogP contribution in [0.2, 0.25) is 0 Å². The Balaban J connectivity index is 1.19. The summed E-state index contributed by atoms with van der Waals surface area (Å²) in [5.41, 5.74) is 14.4. The van der Waals surface area contributed by atoms with Gasteiger partial charge in [0.1, 0.15) is 0 Å². The van der Waals surface area contributed by atoms with Crippen LogP contribution in [0, 0.1) is 0 Å². The van der Waals surface area contributed by atoms with Crippen molar-refractivity contribution in [1.82, 2.24) is 0 Å². The number of nitrogens with zero attached hydrogens (tertiary/aromatic N) is 1. The smallest absolute Gasteiger partial charge is 0.0540 e.